The number of amides is 1. The minimum atomic E-state index is -0.416. The minimum absolute atomic E-state index is 0.191. The lowest BCUT2D eigenvalue weighted by Crippen LogP contribution is -2.18. The average molecular weight is 202 g/mol. The molecule has 0 saturated carbocycles. The van der Waals surface area contributed by atoms with Crippen LogP contribution in [-0.2, 0) is 4.79 Å². The molecule has 0 saturated heterocycles. The number of hydrogen-bond acceptors (Lipinski definition) is 4. The fourth-order valence-electron chi connectivity index (χ4n) is 0.899. The highest BCUT2D eigenvalue weighted by Crippen LogP contribution is 1.97. The predicted molar refractivity (Wildman–Crippen MR) is 54.8 cm³/mol. The molecule has 0 aliphatic carbocycles. The highest BCUT2D eigenvalue weighted by atomic mass is 16.2. The van der Waals surface area contributed by atoms with Crippen molar-refractivity contribution >= 4 is 11.6 Å². The van der Waals surface area contributed by atoms with E-state index in [0.717, 1.165) is 5.56 Å². The Balaban J connectivity index is 2.62. The molecule has 0 spiro atoms. The molecule has 1 aromatic rings. The van der Waals surface area contributed by atoms with Crippen molar-refractivity contribution in [1.82, 2.24) is 10.4 Å². The van der Waals surface area contributed by atoms with Gasteiger partial charge in [0.1, 0.15) is 6.42 Å². The van der Waals surface area contributed by atoms with E-state index in [1.165, 1.54) is 0 Å². The zero-order chi connectivity index (χ0) is 11.1. The van der Waals surface area contributed by atoms with E-state index in [-0.39, 0.29) is 6.42 Å². The standard InChI is InChI=1S/C10H10N4O/c1-8(9-3-2-6-12-7-9)13-14-10(15)4-5-11/h2-3,6-7H,4H2,1H3,(H,14,15)/b13-8+. The third-order valence-electron chi connectivity index (χ3n) is 1.67. The molecule has 0 unspecified atom stereocenters. The van der Waals surface area contributed by atoms with Crippen LogP contribution in [0.25, 0.3) is 0 Å². The molecule has 1 amide bonds. The number of carbonyl (C=O) groups is 1. The summed E-state index contributed by atoms with van der Waals surface area (Å²) in [5.41, 5.74) is 3.76. The summed E-state index contributed by atoms with van der Waals surface area (Å²) in [6.07, 6.45) is 3.12. The van der Waals surface area contributed by atoms with Crippen LogP contribution in [0.3, 0.4) is 0 Å². The number of aromatic nitrogens is 1. The van der Waals surface area contributed by atoms with Crippen molar-refractivity contribution in [2.75, 3.05) is 0 Å². The number of carbonyl (C=O) groups excluding carboxylic acids is 1. The monoisotopic (exact) mass is 202 g/mol. The third kappa shape index (κ3) is 3.56. The van der Waals surface area contributed by atoms with Crippen LogP contribution in [0.4, 0.5) is 0 Å². The SMILES string of the molecule is C/C(=N\NC(=O)CC#N)c1cccnc1. The summed E-state index contributed by atoms with van der Waals surface area (Å²) in [6.45, 7) is 1.75. The van der Waals surface area contributed by atoms with Gasteiger partial charge in [-0.2, -0.15) is 10.4 Å². The van der Waals surface area contributed by atoms with E-state index in [1.807, 2.05) is 6.07 Å². The summed E-state index contributed by atoms with van der Waals surface area (Å²) < 4.78 is 0. The van der Waals surface area contributed by atoms with E-state index >= 15 is 0 Å². The lowest BCUT2D eigenvalue weighted by atomic mass is 10.2. The fraction of sp³-hybridized carbons (Fsp3) is 0.200. The maximum absolute atomic E-state index is 10.9. The normalized spacial score (nSPS) is 10.5. The van der Waals surface area contributed by atoms with Gasteiger partial charge in [-0.3, -0.25) is 9.78 Å². The smallest absolute Gasteiger partial charge is 0.254 e. The summed E-state index contributed by atoms with van der Waals surface area (Å²) in [5.74, 6) is -0.416. The molecular weight excluding hydrogens is 192 g/mol. The van der Waals surface area contributed by atoms with Gasteiger partial charge in [-0.15, -0.1) is 0 Å². The summed E-state index contributed by atoms with van der Waals surface area (Å²) >= 11 is 0. The number of hydrogen-bond donors (Lipinski definition) is 1. The number of hydrazone groups is 1. The number of nitriles is 1. The molecule has 0 aliphatic rings. The summed E-state index contributed by atoms with van der Waals surface area (Å²) in [5, 5.41) is 12.1. The highest BCUT2D eigenvalue weighted by molar-refractivity contribution is 5.98. The zero-order valence-electron chi connectivity index (χ0n) is 8.27. The van der Waals surface area contributed by atoms with Gasteiger partial charge in [-0.1, -0.05) is 6.07 Å². The van der Waals surface area contributed by atoms with E-state index in [4.69, 9.17) is 5.26 Å². The molecule has 1 rings (SSSR count). The van der Waals surface area contributed by atoms with E-state index in [1.54, 1.807) is 31.5 Å². The number of pyridine rings is 1. The number of nitrogens with zero attached hydrogens (tertiary/aromatic N) is 3. The number of rotatable bonds is 3. The predicted octanol–water partition coefficient (Wildman–Crippen LogP) is 0.835. The molecular formula is C10H10N4O. The van der Waals surface area contributed by atoms with E-state index in [2.05, 4.69) is 15.5 Å². The molecule has 1 aromatic heterocycles. The Morgan fingerprint density at radius 2 is 2.53 bits per heavy atom. The van der Waals surface area contributed by atoms with Crippen LogP contribution in [0.1, 0.15) is 18.9 Å². The average Bonchev–Trinajstić information content (AvgIpc) is 2.27. The fourth-order valence-corrected chi connectivity index (χ4v) is 0.899. The molecule has 1 N–H and O–H groups in total. The van der Waals surface area contributed by atoms with Gasteiger partial charge >= 0.3 is 0 Å². The summed E-state index contributed by atoms with van der Waals surface area (Å²) in [6, 6.07) is 5.36. The molecule has 0 fully saturated rings. The lowest BCUT2D eigenvalue weighted by Gasteiger charge is -1.99. The van der Waals surface area contributed by atoms with Crippen molar-refractivity contribution in [2.24, 2.45) is 5.10 Å². The lowest BCUT2D eigenvalue weighted by molar-refractivity contribution is -0.120. The van der Waals surface area contributed by atoms with Crippen molar-refractivity contribution in [1.29, 1.82) is 5.26 Å². The minimum Gasteiger partial charge on any atom is -0.272 e. The van der Waals surface area contributed by atoms with Crippen molar-refractivity contribution < 1.29 is 4.79 Å². The molecule has 0 atom stereocenters. The maximum atomic E-state index is 10.9. The largest absolute Gasteiger partial charge is 0.272 e. The van der Waals surface area contributed by atoms with E-state index in [0.29, 0.717) is 5.71 Å². The Kier molecular flexibility index (Phi) is 3.98. The van der Waals surface area contributed by atoms with Gasteiger partial charge < -0.3 is 0 Å². The first-order valence-corrected chi connectivity index (χ1v) is 4.34. The summed E-state index contributed by atoms with van der Waals surface area (Å²) in [7, 11) is 0. The molecule has 76 valence electrons. The second kappa shape index (κ2) is 5.50. The van der Waals surface area contributed by atoms with Gasteiger partial charge in [0, 0.05) is 18.0 Å². The van der Waals surface area contributed by atoms with Gasteiger partial charge in [0.2, 0.25) is 0 Å². The van der Waals surface area contributed by atoms with Crippen LogP contribution >= 0.6 is 0 Å². The first-order valence-electron chi connectivity index (χ1n) is 4.34. The molecule has 0 aliphatic heterocycles. The molecule has 15 heavy (non-hydrogen) atoms. The Morgan fingerprint density at radius 3 is 3.13 bits per heavy atom. The second-order valence-corrected chi connectivity index (χ2v) is 2.81. The first kappa shape index (κ1) is 10.9. The van der Waals surface area contributed by atoms with Gasteiger partial charge in [0.15, 0.2) is 0 Å². The van der Waals surface area contributed by atoms with Crippen molar-refractivity contribution in [2.45, 2.75) is 13.3 Å². The second-order valence-electron chi connectivity index (χ2n) is 2.81. The van der Waals surface area contributed by atoms with Crippen molar-refractivity contribution in [3.8, 4) is 6.07 Å². The van der Waals surface area contributed by atoms with Crippen LogP contribution in [0, 0.1) is 11.3 Å². The van der Waals surface area contributed by atoms with Crippen LogP contribution < -0.4 is 5.43 Å². The van der Waals surface area contributed by atoms with Gasteiger partial charge in [0.05, 0.1) is 11.8 Å². The van der Waals surface area contributed by atoms with Crippen LogP contribution in [0.5, 0.6) is 0 Å². The van der Waals surface area contributed by atoms with Gasteiger partial charge in [-0.25, -0.2) is 5.43 Å². The number of nitrogens with one attached hydrogen (secondary N) is 1. The summed E-state index contributed by atoms with van der Waals surface area (Å²) in [4.78, 5) is 14.8. The van der Waals surface area contributed by atoms with Gasteiger partial charge in [0.25, 0.3) is 5.91 Å². The van der Waals surface area contributed by atoms with Crippen LogP contribution in [-0.4, -0.2) is 16.6 Å². The zero-order valence-corrected chi connectivity index (χ0v) is 8.27. The van der Waals surface area contributed by atoms with E-state index < -0.39 is 5.91 Å². The third-order valence-corrected chi connectivity index (χ3v) is 1.67. The Bertz CT molecular complexity index is 405. The topological polar surface area (TPSA) is 78.1 Å². The highest BCUT2D eigenvalue weighted by Gasteiger charge is 1.99. The van der Waals surface area contributed by atoms with Gasteiger partial charge in [-0.05, 0) is 13.0 Å². The first-order chi connectivity index (χ1) is 7.24. The molecule has 0 bridgehead atoms. The van der Waals surface area contributed by atoms with Crippen LogP contribution in [0.15, 0.2) is 29.6 Å². The van der Waals surface area contributed by atoms with Crippen molar-refractivity contribution in [3.05, 3.63) is 30.1 Å². The molecule has 5 nitrogen and oxygen atoms in total. The Morgan fingerprint density at radius 1 is 1.73 bits per heavy atom. The Hall–Kier alpha value is -2.22. The van der Waals surface area contributed by atoms with Crippen LogP contribution in [0.2, 0.25) is 0 Å². The maximum Gasteiger partial charge on any atom is 0.254 e. The Labute approximate surface area is 87.4 Å². The quantitative estimate of drug-likeness (QED) is 0.582. The molecule has 0 aromatic carbocycles. The van der Waals surface area contributed by atoms with Crippen molar-refractivity contribution in [3.63, 3.8) is 0 Å². The molecule has 1 heterocycles. The van der Waals surface area contributed by atoms with E-state index in [9.17, 15) is 4.79 Å². The molecule has 0 radical (unpaired) electrons. The molecule has 5 heteroatoms.